The molecule has 142 valence electrons. The quantitative estimate of drug-likeness (QED) is 0.744. The molecule has 1 atom stereocenters. The average Bonchev–Trinajstić information content (AvgIpc) is 3.23. The van der Waals surface area contributed by atoms with Crippen molar-refractivity contribution in [2.75, 3.05) is 4.90 Å². The van der Waals surface area contributed by atoms with Crippen LogP contribution >= 0.6 is 0 Å². The number of amides is 2. The fraction of sp³-hybridized carbons (Fsp3) is 0.350. The van der Waals surface area contributed by atoms with Gasteiger partial charge in [-0.05, 0) is 24.1 Å². The van der Waals surface area contributed by atoms with Crippen LogP contribution < -0.4 is 10.2 Å². The number of hydrogen-bond donors (Lipinski definition) is 2. The Morgan fingerprint density at radius 3 is 2.81 bits per heavy atom. The van der Waals surface area contributed by atoms with Gasteiger partial charge in [-0.2, -0.15) is 0 Å². The highest BCUT2D eigenvalue weighted by Gasteiger charge is 2.29. The number of nitrogens with one attached hydrogen (secondary N) is 1. The standard InChI is InChI=1S/C20H22N2O5/c1-2-3-7-15(20(25)26)21-19(24)18-14(9-10-27-18)12-22-16-8-5-4-6-13(16)11-17(22)23/h4-6,8-10,15H,2-3,7,11-12H2,1H3,(H,21,24)(H,25,26). The van der Waals surface area contributed by atoms with E-state index in [0.717, 1.165) is 17.7 Å². The van der Waals surface area contributed by atoms with Crippen LogP contribution in [0.4, 0.5) is 5.69 Å². The van der Waals surface area contributed by atoms with Gasteiger partial charge in [-0.3, -0.25) is 9.59 Å². The Hall–Kier alpha value is -3.09. The maximum Gasteiger partial charge on any atom is 0.326 e. The van der Waals surface area contributed by atoms with Crippen molar-refractivity contribution < 1.29 is 23.9 Å². The summed E-state index contributed by atoms with van der Waals surface area (Å²) in [5.41, 5.74) is 2.31. The van der Waals surface area contributed by atoms with Crippen LogP contribution in [0.3, 0.4) is 0 Å². The van der Waals surface area contributed by atoms with E-state index in [-0.39, 0.29) is 18.2 Å². The molecule has 0 radical (unpaired) electrons. The first-order chi connectivity index (χ1) is 13.0. The Morgan fingerprint density at radius 2 is 2.07 bits per heavy atom. The minimum Gasteiger partial charge on any atom is -0.480 e. The molecule has 0 bridgehead atoms. The lowest BCUT2D eigenvalue weighted by molar-refractivity contribution is -0.139. The summed E-state index contributed by atoms with van der Waals surface area (Å²) in [5.74, 6) is -1.67. The monoisotopic (exact) mass is 370 g/mol. The molecule has 1 aliphatic heterocycles. The summed E-state index contributed by atoms with van der Waals surface area (Å²) in [6.45, 7) is 2.15. The molecule has 2 aromatic rings. The van der Waals surface area contributed by atoms with Crippen molar-refractivity contribution in [1.82, 2.24) is 5.32 Å². The molecule has 1 aromatic carbocycles. The Balaban J connectivity index is 1.75. The molecular weight excluding hydrogens is 348 g/mol. The molecule has 0 fully saturated rings. The van der Waals surface area contributed by atoms with E-state index in [1.807, 2.05) is 31.2 Å². The Labute approximate surface area is 157 Å². The van der Waals surface area contributed by atoms with Crippen LogP contribution in [-0.2, 0) is 22.6 Å². The third-order valence-electron chi connectivity index (χ3n) is 4.66. The van der Waals surface area contributed by atoms with Gasteiger partial charge in [-0.1, -0.05) is 38.0 Å². The van der Waals surface area contributed by atoms with E-state index in [9.17, 15) is 19.5 Å². The van der Waals surface area contributed by atoms with Crippen LogP contribution in [0.1, 0.15) is 47.9 Å². The molecule has 1 aromatic heterocycles. The molecular formula is C20H22N2O5. The Bertz CT molecular complexity index is 858. The van der Waals surface area contributed by atoms with Crippen LogP contribution in [0.25, 0.3) is 0 Å². The Kier molecular flexibility index (Phi) is 5.59. The molecule has 2 N–H and O–H groups in total. The summed E-state index contributed by atoms with van der Waals surface area (Å²) in [7, 11) is 0. The van der Waals surface area contributed by atoms with E-state index in [2.05, 4.69) is 5.32 Å². The van der Waals surface area contributed by atoms with Crippen molar-refractivity contribution in [2.45, 2.75) is 45.2 Å². The summed E-state index contributed by atoms with van der Waals surface area (Å²) in [6.07, 6.45) is 3.58. The topological polar surface area (TPSA) is 99.9 Å². The molecule has 0 saturated heterocycles. The van der Waals surface area contributed by atoms with Gasteiger partial charge in [0.1, 0.15) is 6.04 Å². The van der Waals surface area contributed by atoms with Gasteiger partial charge in [0.15, 0.2) is 5.76 Å². The van der Waals surface area contributed by atoms with Gasteiger partial charge in [0.05, 0.1) is 19.2 Å². The molecule has 2 amide bonds. The highest BCUT2D eigenvalue weighted by atomic mass is 16.4. The second-order valence-electron chi connectivity index (χ2n) is 6.57. The van der Waals surface area contributed by atoms with Gasteiger partial charge in [-0.25, -0.2) is 4.79 Å². The third kappa shape index (κ3) is 4.02. The molecule has 2 heterocycles. The van der Waals surface area contributed by atoms with Gasteiger partial charge in [0, 0.05) is 11.3 Å². The van der Waals surface area contributed by atoms with Gasteiger partial charge in [-0.15, -0.1) is 0 Å². The number of benzene rings is 1. The number of carbonyl (C=O) groups excluding carboxylic acids is 2. The van der Waals surface area contributed by atoms with E-state index in [4.69, 9.17) is 4.42 Å². The number of carbonyl (C=O) groups is 3. The first-order valence-electron chi connectivity index (χ1n) is 8.99. The average molecular weight is 370 g/mol. The lowest BCUT2D eigenvalue weighted by Gasteiger charge is -2.18. The summed E-state index contributed by atoms with van der Waals surface area (Å²) in [4.78, 5) is 37.8. The fourth-order valence-corrected chi connectivity index (χ4v) is 3.21. The van der Waals surface area contributed by atoms with Crippen LogP contribution in [0, 0.1) is 0 Å². The minimum absolute atomic E-state index is 0.0370. The predicted octanol–water partition coefficient (Wildman–Crippen LogP) is 2.74. The number of carboxylic acid groups (broad SMARTS) is 1. The molecule has 27 heavy (non-hydrogen) atoms. The molecule has 1 unspecified atom stereocenters. The maximum absolute atomic E-state index is 12.5. The molecule has 0 saturated carbocycles. The lowest BCUT2D eigenvalue weighted by atomic mass is 10.1. The number of hydrogen-bond acceptors (Lipinski definition) is 4. The van der Waals surface area contributed by atoms with E-state index < -0.39 is 17.9 Å². The van der Waals surface area contributed by atoms with Crippen molar-refractivity contribution in [3.8, 4) is 0 Å². The number of furan rings is 1. The maximum atomic E-state index is 12.5. The van der Waals surface area contributed by atoms with Gasteiger partial charge < -0.3 is 19.7 Å². The van der Waals surface area contributed by atoms with E-state index >= 15 is 0 Å². The molecule has 1 aliphatic rings. The number of unbranched alkanes of at least 4 members (excludes halogenated alkanes) is 1. The largest absolute Gasteiger partial charge is 0.480 e. The number of para-hydroxylation sites is 1. The van der Waals surface area contributed by atoms with Gasteiger partial charge >= 0.3 is 5.97 Å². The van der Waals surface area contributed by atoms with E-state index in [0.29, 0.717) is 24.8 Å². The van der Waals surface area contributed by atoms with Crippen LogP contribution in [0.15, 0.2) is 41.0 Å². The Morgan fingerprint density at radius 1 is 1.30 bits per heavy atom. The zero-order valence-corrected chi connectivity index (χ0v) is 15.1. The number of nitrogens with zero attached hydrogens (tertiary/aromatic N) is 1. The second-order valence-corrected chi connectivity index (χ2v) is 6.57. The number of anilines is 1. The van der Waals surface area contributed by atoms with Crippen molar-refractivity contribution in [2.24, 2.45) is 0 Å². The number of rotatable bonds is 8. The molecule has 0 aliphatic carbocycles. The van der Waals surface area contributed by atoms with E-state index in [1.54, 1.807) is 11.0 Å². The van der Waals surface area contributed by atoms with Crippen molar-refractivity contribution in [1.29, 1.82) is 0 Å². The van der Waals surface area contributed by atoms with Crippen molar-refractivity contribution >= 4 is 23.5 Å². The van der Waals surface area contributed by atoms with Crippen molar-refractivity contribution in [3.63, 3.8) is 0 Å². The predicted molar refractivity (Wildman–Crippen MR) is 98.5 cm³/mol. The highest BCUT2D eigenvalue weighted by molar-refractivity contribution is 6.02. The highest BCUT2D eigenvalue weighted by Crippen LogP contribution is 2.30. The number of aliphatic carboxylic acids is 1. The SMILES string of the molecule is CCCCC(NC(=O)c1occc1CN1C(=O)Cc2ccccc21)C(=O)O. The van der Waals surface area contributed by atoms with Crippen LogP contribution in [0.2, 0.25) is 0 Å². The number of carboxylic acids is 1. The van der Waals surface area contributed by atoms with Gasteiger partial charge in [0.2, 0.25) is 5.91 Å². The second kappa shape index (κ2) is 8.07. The molecule has 7 heteroatoms. The summed E-state index contributed by atoms with van der Waals surface area (Å²) < 4.78 is 5.30. The van der Waals surface area contributed by atoms with Crippen molar-refractivity contribution in [3.05, 3.63) is 53.5 Å². The first kappa shape index (κ1) is 18.7. The third-order valence-corrected chi connectivity index (χ3v) is 4.66. The van der Waals surface area contributed by atoms with E-state index in [1.165, 1.54) is 6.26 Å². The van der Waals surface area contributed by atoms with Crippen LogP contribution in [-0.4, -0.2) is 28.9 Å². The fourth-order valence-electron chi connectivity index (χ4n) is 3.21. The molecule has 7 nitrogen and oxygen atoms in total. The molecule has 0 spiro atoms. The zero-order valence-electron chi connectivity index (χ0n) is 15.1. The molecule has 3 rings (SSSR count). The normalized spacial score (nSPS) is 14.1. The summed E-state index contributed by atoms with van der Waals surface area (Å²) >= 11 is 0. The first-order valence-corrected chi connectivity index (χ1v) is 8.99. The zero-order chi connectivity index (χ0) is 19.4. The smallest absolute Gasteiger partial charge is 0.326 e. The summed E-state index contributed by atoms with van der Waals surface area (Å²) in [6, 6.07) is 8.18. The van der Waals surface area contributed by atoms with Gasteiger partial charge in [0.25, 0.3) is 5.91 Å². The number of fused-ring (bicyclic) bond motifs is 1. The lowest BCUT2D eigenvalue weighted by Crippen LogP contribution is -2.41. The minimum atomic E-state index is -1.08. The summed E-state index contributed by atoms with van der Waals surface area (Å²) in [5, 5.41) is 11.8. The van der Waals surface area contributed by atoms with Crippen LogP contribution in [0.5, 0.6) is 0 Å².